The first-order valence-corrected chi connectivity index (χ1v) is 6.82. The van der Waals surface area contributed by atoms with E-state index in [-0.39, 0.29) is 24.1 Å². The van der Waals surface area contributed by atoms with Crippen LogP contribution in [0.25, 0.3) is 0 Å². The molecule has 3 amide bonds. The summed E-state index contributed by atoms with van der Waals surface area (Å²) in [5.41, 5.74) is 0. The van der Waals surface area contributed by atoms with Gasteiger partial charge < -0.3 is 20.9 Å². The van der Waals surface area contributed by atoms with Gasteiger partial charge in [0.1, 0.15) is 6.04 Å². The van der Waals surface area contributed by atoms with Crippen LogP contribution in [0.1, 0.15) is 6.92 Å². The molecule has 1 aliphatic rings. The Bertz CT molecular complexity index is 345. The van der Waals surface area contributed by atoms with Crippen molar-refractivity contribution in [3.8, 4) is 0 Å². The maximum atomic E-state index is 11.8. The van der Waals surface area contributed by atoms with Gasteiger partial charge in [-0.15, -0.1) is 0 Å². The summed E-state index contributed by atoms with van der Waals surface area (Å²) in [6, 6.07) is -0.711. The highest BCUT2D eigenvalue weighted by molar-refractivity contribution is 7.80. The maximum Gasteiger partial charge on any atom is 0.243 e. The van der Waals surface area contributed by atoms with Crippen LogP contribution in [0.3, 0.4) is 0 Å². The molecule has 0 radical (unpaired) electrons. The molecule has 1 rings (SSSR count). The molecule has 0 bridgehead atoms. The molecule has 108 valence electrons. The molecular weight excluding hydrogens is 268 g/mol. The van der Waals surface area contributed by atoms with Crippen LogP contribution in [-0.2, 0) is 14.4 Å². The SMILES string of the molecule is CC(=O)NC(CS)C(=O)NCC(=O)N1CCNCC1. The lowest BCUT2D eigenvalue weighted by Crippen LogP contribution is -2.52. The summed E-state index contributed by atoms with van der Waals surface area (Å²) < 4.78 is 0. The van der Waals surface area contributed by atoms with E-state index in [4.69, 9.17) is 0 Å². The molecule has 1 unspecified atom stereocenters. The molecule has 1 fully saturated rings. The zero-order valence-electron chi connectivity index (χ0n) is 10.9. The quantitative estimate of drug-likeness (QED) is 0.439. The lowest BCUT2D eigenvalue weighted by molar-refractivity contribution is -0.134. The standard InChI is InChI=1S/C11H20N4O3S/c1-8(16)14-9(7-19)11(18)13-6-10(17)15-4-2-12-3-5-15/h9,12,19H,2-7H2,1H3,(H,13,18)(H,14,16). The molecule has 1 atom stereocenters. The van der Waals surface area contributed by atoms with Gasteiger partial charge in [-0.1, -0.05) is 0 Å². The Labute approximate surface area is 117 Å². The summed E-state index contributed by atoms with van der Waals surface area (Å²) in [5.74, 6) is -0.625. The predicted molar refractivity (Wildman–Crippen MR) is 73.9 cm³/mol. The molecule has 0 aliphatic carbocycles. The highest BCUT2D eigenvalue weighted by Gasteiger charge is 2.20. The van der Waals surface area contributed by atoms with Gasteiger partial charge in [0, 0.05) is 38.9 Å². The van der Waals surface area contributed by atoms with Crippen LogP contribution in [0.4, 0.5) is 0 Å². The second-order valence-corrected chi connectivity index (χ2v) is 4.65. The molecule has 7 nitrogen and oxygen atoms in total. The van der Waals surface area contributed by atoms with Crippen LogP contribution in [-0.4, -0.2) is 67.1 Å². The van der Waals surface area contributed by atoms with E-state index >= 15 is 0 Å². The Balaban J connectivity index is 2.35. The maximum absolute atomic E-state index is 11.8. The van der Waals surface area contributed by atoms with E-state index in [1.54, 1.807) is 4.90 Å². The van der Waals surface area contributed by atoms with E-state index in [0.29, 0.717) is 13.1 Å². The largest absolute Gasteiger partial charge is 0.345 e. The zero-order chi connectivity index (χ0) is 14.3. The van der Waals surface area contributed by atoms with Gasteiger partial charge in [0.2, 0.25) is 17.7 Å². The normalized spacial score (nSPS) is 16.6. The van der Waals surface area contributed by atoms with Gasteiger partial charge in [0.15, 0.2) is 0 Å². The van der Waals surface area contributed by atoms with Crippen molar-refractivity contribution in [2.75, 3.05) is 38.5 Å². The molecular formula is C11H20N4O3S. The van der Waals surface area contributed by atoms with E-state index in [1.807, 2.05) is 0 Å². The van der Waals surface area contributed by atoms with E-state index in [0.717, 1.165) is 13.1 Å². The van der Waals surface area contributed by atoms with E-state index < -0.39 is 11.9 Å². The van der Waals surface area contributed by atoms with E-state index in [1.165, 1.54) is 6.92 Å². The van der Waals surface area contributed by atoms with Crippen LogP contribution in [0.15, 0.2) is 0 Å². The van der Waals surface area contributed by atoms with Crippen molar-refractivity contribution >= 4 is 30.4 Å². The summed E-state index contributed by atoms with van der Waals surface area (Å²) in [6.07, 6.45) is 0. The highest BCUT2D eigenvalue weighted by Crippen LogP contribution is 1.93. The van der Waals surface area contributed by atoms with Crippen LogP contribution in [0, 0.1) is 0 Å². The Morgan fingerprint density at radius 1 is 1.32 bits per heavy atom. The van der Waals surface area contributed by atoms with E-state index in [9.17, 15) is 14.4 Å². The number of thiol groups is 1. The average Bonchev–Trinajstić information content (AvgIpc) is 2.42. The van der Waals surface area contributed by atoms with Crippen LogP contribution >= 0.6 is 12.6 Å². The molecule has 0 saturated carbocycles. The van der Waals surface area contributed by atoms with Crippen LogP contribution in [0.2, 0.25) is 0 Å². The number of amides is 3. The number of carbonyl (C=O) groups excluding carboxylic acids is 3. The Morgan fingerprint density at radius 2 is 1.95 bits per heavy atom. The van der Waals surface area contributed by atoms with Gasteiger partial charge in [-0.25, -0.2) is 0 Å². The number of carbonyl (C=O) groups is 3. The van der Waals surface area contributed by atoms with Crippen LogP contribution in [0.5, 0.6) is 0 Å². The topological polar surface area (TPSA) is 90.5 Å². The Hall–Kier alpha value is -1.28. The summed E-state index contributed by atoms with van der Waals surface area (Å²) in [4.78, 5) is 36.1. The molecule has 3 N–H and O–H groups in total. The van der Waals surface area contributed by atoms with Gasteiger partial charge in [-0.05, 0) is 0 Å². The summed E-state index contributed by atoms with van der Waals surface area (Å²) in [6.45, 7) is 4.11. The highest BCUT2D eigenvalue weighted by atomic mass is 32.1. The van der Waals surface area contributed by atoms with Crippen molar-refractivity contribution in [2.45, 2.75) is 13.0 Å². The number of hydrogen-bond acceptors (Lipinski definition) is 5. The molecule has 1 aliphatic heterocycles. The van der Waals surface area contributed by atoms with Gasteiger partial charge in [-0.3, -0.25) is 14.4 Å². The van der Waals surface area contributed by atoms with E-state index in [2.05, 4.69) is 28.6 Å². The Morgan fingerprint density at radius 3 is 2.47 bits per heavy atom. The van der Waals surface area contributed by atoms with Gasteiger partial charge in [0.25, 0.3) is 0 Å². The summed E-state index contributed by atoms with van der Waals surface area (Å²) >= 11 is 4.00. The molecule has 0 aromatic rings. The van der Waals surface area contributed by atoms with Crippen LogP contribution < -0.4 is 16.0 Å². The first kappa shape index (κ1) is 15.8. The summed E-state index contributed by atoms with van der Waals surface area (Å²) in [7, 11) is 0. The van der Waals surface area contributed by atoms with Crippen molar-refractivity contribution in [1.29, 1.82) is 0 Å². The second-order valence-electron chi connectivity index (χ2n) is 4.28. The zero-order valence-corrected chi connectivity index (χ0v) is 11.8. The number of nitrogens with one attached hydrogen (secondary N) is 3. The van der Waals surface area contributed by atoms with Crippen molar-refractivity contribution in [1.82, 2.24) is 20.9 Å². The number of piperazine rings is 1. The van der Waals surface area contributed by atoms with Gasteiger partial charge in [0.05, 0.1) is 6.54 Å². The van der Waals surface area contributed by atoms with Crippen molar-refractivity contribution in [2.24, 2.45) is 0 Å². The molecule has 1 saturated heterocycles. The fourth-order valence-corrected chi connectivity index (χ4v) is 2.01. The lowest BCUT2D eigenvalue weighted by atomic mass is 10.3. The fraction of sp³-hybridized carbons (Fsp3) is 0.727. The molecule has 0 spiro atoms. The minimum absolute atomic E-state index is 0.0529. The lowest BCUT2D eigenvalue weighted by Gasteiger charge is -2.27. The second kappa shape index (κ2) is 8.00. The fourth-order valence-electron chi connectivity index (χ4n) is 1.75. The third kappa shape index (κ3) is 5.48. The number of hydrogen-bond donors (Lipinski definition) is 4. The predicted octanol–water partition coefficient (Wildman–Crippen LogP) is -2.03. The van der Waals surface area contributed by atoms with Gasteiger partial charge >= 0.3 is 0 Å². The van der Waals surface area contributed by atoms with Gasteiger partial charge in [-0.2, -0.15) is 12.6 Å². The first-order valence-electron chi connectivity index (χ1n) is 6.18. The molecule has 8 heteroatoms. The minimum Gasteiger partial charge on any atom is -0.345 e. The number of nitrogens with zero attached hydrogens (tertiary/aromatic N) is 1. The molecule has 1 heterocycles. The summed E-state index contributed by atoms with van der Waals surface area (Å²) in [5, 5.41) is 8.14. The monoisotopic (exact) mass is 288 g/mol. The Kier molecular flexibility index (Phi) is 6.65. The minimum atomic E-state index is -0.711. The molecule has 0 aromatic carbocycles. The van der Waals surface area contributed by atoms with Crippen molar-refractivity contribution in [3.63, 3.8) is 0 Å². The first-order chi connectivity index (χ1) is 9.04. The number of rotatable bonds is 5. The van der Waals surface area contributed by atoms with Crippen molar-refractivity contribution < 1.29 is 14.4 Å². The average molecular weight is 288 g/mol. The third-order valence-electron chi connectivity index (χ3n) is 2.76. The van der Waals surface area contributed by atoms with Crippen molar-refractivity contribution in [3.05, 3.63) is 0 Å². The molecule has 19 heavy (non-hydrogen) atoms. The molecule has 0 aromatic heterocycles. The smallest absolute Gasteiger partial charge is 0.243 e. The third-order valence-corrected chi connectivity index (χ3v) is 3.13.